The number of hydrogen-bond donors (Lipinski definition) is 0. The first-order valence-electron chi connectivity index (χ1n) is 4.56. The molecule has 1 rings (SSSR count). The number of ether oxygens (including phenoxy) is 1. The van der Waals surface area contributed by atoms with Gasteiger partial charge >= 0.3 is 5.97 Å². The van der Waals surface area contributed by atoms with Gasteiger partial charge in [0.1, 0.15) is 11.9 Å². The summed E-state index contributed by atoms with van der Waals surface area (Å²) < 4.78 is 18.1. The first-order valence-corrected chi connectivity index (χ1v) is 4.56. The molecule has 0 aliphatic heterocycles. The Hall–Kier alpha value is -1.42. The van der Waals surface area contributed by atoms with Gasteiger partial charge in [-0.25, -0.2) is 9.18 Å². The van der Waals surface area contributed by atoms with Crippen LogP contribution in [-0.2, 0) is 9.53 Å². The van der Waals surface area contributed by atoms with Gasteiger partial charge in [0.05, 0.1) is 7.11 Å². The van der Waals surface area contributed by atoms with Crippen molar-refractivity contribution in [2.75, 3.05) is 21.2 Å². The lowest BCUT2D eigenvalue weighted by Gasteiger charge is -2.22. The Balaban J connectivity index is 3.10. The van der Waals surface area contributed by atoms with E-state index in [1.54, 1.807) is 37.2 Å². The molecule has 1 unspecified atom stereocenters. The number of methoxy groups -OCH3 is 1. The van der Waals surface area contributed by atoms with Crippen LogP contribution in [0.4, 0.5) is 4.39 Å². The number of likely N-dealkylation sites (N-methyl/N-ethyl adjacent to an activating group) is 1. The van der Waals surface area contributed by atoms with Crippen LogP contribution in [-0.4, -0.2) is 32.1 Å². The first-order chi connectivity index (χ1) is 7.07. The predicted octanol–water partition coefficient (Wildman–Crippen LogP) is 1.60. The molecule has 0 fully saturated rings. The fourth-order valence-corrected chi connectivity index (χ4v) is 1.42. The minimum Gasteiger partial charge on any atom is -0.468 e. The molecule has 0 bridgehead atoms. The highest BCUT2D eigenvalue weighted by atomic mass is 19.1. The van der Waals surface area contributed by atoms with Gasteiger partial charge in [0.2, 0.25) is 0 Å². The van der Waals surface area contributed by atoms with Crippen molar-refractivity contribution < 1.29 is 13.9 Å². The van der Waals surface area contributed by atoms with E-state index in [0.29, 0.717) is 5.56 Å². The Morgan fingerprint density at radius 3 is 2.47 bits per heavy atom. The largest absolute Gasteiger partial charge is 0.468 e. The van der Waals surface area contributed by atoms with Gasteiger partial charge in [-0.15, -0.1) is 0 Å². The minimum absolute atomic E-state index is 0.328. The molecule has 0 heterocycles. The Morgan fingerprint density at radius 1 is 1.40 bits per heavy atom. The molecule has 15 heavy (non-hydrogen) atoms. The number of hydrogen-bond acceptors (Lipinski definition) is 3. The summed E-state index contributed by atoms with van der Waals surface area (Å²) in [5.41, 5.74) is 0.328. The molecule has 4 heteroatoms. The standard InChI is InChI=1S/C11H14FNO2/c1-13(2)10(11(14)15-3)8-6-4-5-7-9(8)12/h4-7,10H,1-3H3. The van der Waals surface area contributed by atoms with Crippen molar-refractivity contribution in [3.63, 3.8) is 0 Å². The van der Waals surface area contributed by atoms with Crippen molar-refractivity contribution in [3.05, 3.63) is 35.6 Å². The highest BCUT2D eigenvalue weighted by Gasteiger charge is 2.25. The summed E-state index contributed by atoms with van der Waals surface area (Å²) in [4.78, 5) is 13.1. The normalized spacial score (nSPS) is 12.6. The third-order valence-electron chi connectivity index (χ3n) is 2.14. The number of carbonyl (C=O) groups is 1. The van der Waals surface area contributed by atoms with E-state index in [4.69, 9.17) is 0 Å². The van der Waals surface area contributed by atoms with Crippen LogP contribution in [0, 0.1) is 5.82 Å². The van der Waals surface area contributed by atoms with Crippen LogP contribution < -0.4 is 0 Å². The zero-order chi connectivity index (χ0) is 11.4. The van der Waals surface area contributed by atoms with Crippen molar-refractivity contribution in [1.29, 1.82) is 0 Å². The topological polar surface area (TPSA) is 29.5 Å². The zero-order valence-electron chi connectivity index (χ0n) is 9.03. The molecule has 0 spiro atoms. The van der Waals surface area contributed by atoms with Crippen LogP contribution in [0.15, 0.2) is 24.3 Å². The SMILES string of the molecule is COC(=O)C(c1ccccc1F)N(C)C. The highest BCUT2D eigenvalue weighted by molar-refractivity contribution is 5.77. The van der Waals surface area contributed by atoms with Crippen LogP contribution in [0.3, 0.4) is 0 Å². The number of esters is 1. The van der Waals surface area contributed by atoms with Crippen LogP contribution in [0.2, 0.25) is 0 Å². The maximum atomic E-state index is 13.5. The van der Waals surface area contributed by atoms with Gasteiger partial charge in [0, 0.05) is 5.56 Å². The van der Waals surface area contributed by atoms with E-state index < -0.39 is 17.8 Å². The molecule has 0 aromatic heterocycles. The molecule has 0 radical (unpaired) electrons. The lowest BCUT2D eigenvalue weighted by Crippen LogP contribution is -2.29. The molecule has 82 valence electrons. The average molecular weight is 211 g/mol. The van der Waals surface area contributed by atoms with Gasteiger partial charge in [-0.1, -0.05) is 18.2 Å². The molecular weight excluding hydrogens is 197 g/mol. The second-order valence-corrected chi connectivity index (χ2v) is 3.41. The summed E-state index contributed by atoms with van der Waals surface area (Å²) in [5.74, 6) is -0.869. The van der Waals surface area contributed by atoms with Gasteiger partial charge in [-0.2, -0.15) is 0 Å². The second kappa shape index (κ2) is 4.89. The number of carbonyl (C=O) groups excluding carboxylic acids is 1. The quantitative estimate of drug-likeness (QED) is 0.711. The molecule has 0 aliphatic carbocycles. The molecule has 1 aromatic rings. The molecule has 0 N–H and O–H groups in total. The highest BCUT2D eigenvalue weighted by Crippen LogP contribution is 2.22. The smallest absolute Gasteiger partial charge is 0.327 e. The van der Waals surface area contributed by atoms with Crippen molar-refractivity contribution in [2.24, 2.45) is 0 Å². The van der Waals surface area contributed by atoms with Crippen LogP contribution >= 0.6 is 0 Å². The van der Waals surface area contributed by atoms with Gasteiger partial charge in [-0.3, -0.25) is 4.90 Å². The lowest BCUT2D eigenvalue weighted by molar-refractivity contribution is -0.146. The Kier molecular flexibility index (Phi) is 3.80. The van der Waals surface area contributed by atoms with E-state index in [1.165, 1.54) is 13.2 Å². The average Bonchev–Trinajstić information content (AvgIpc) is 2.20. The monoisotopic (exact) mass is 211 g/mol. The Morgan fingerprint density at radius 2 is 2.00 bits per heavy atom. The predicted molar refractivity (Wildman–Crippen MR) is 54.8 cm³/mol. The molecule has 0 saturated carbocycles. The maximum absolute atomic E-state index is 13.5. The fourth-order valence-electron chi connectivity index (χ4n) is 1.42. The van der Waals surface area contributed by atoms with E-state index in [2.05, 4.69) is 4.74 Å². The van der Waals surface area contributed by atoms with Gasteiger partial charge in [0.15, 0.2) is 0 Å². The third kappa shape index (κ3) is 2.53. The number of nitrogens with zero attached hydrogens (tertiary/aromatic N) is 1. The number of benzene rings is 1. The maximum Gasteiger partial charge on any atom is 0.327 e. The van der Waals surface area contributed by atoms with Crippen molar-refractivity contribution >= 4 is 5.97 Å². The van der Waals surface area contributed by atoms with Gasteiger partial charge < -0.3 is 4.74 Å². The minimum atomic E-state index is -0.698. The first kappa shape index (κ1) is 11.7. The fraction of sp³-hybridized carbons (Fsp3) is 0.364. The van der Waals surface area contributed by atoms with E-state index in [9.17, 15) is 9.18 Å². The molecule has 1 aromatic carbocycles. The number of rotatable bonds is 3. The summed E-state index contributed by atoms with van der Waals surface area (Å²) >= 11 is 0. The lowest BCUT2D eigenvalue weighted by atomic mass is 10.1. The van der Waals surface area contributed by atoms with Crippen LogP contribution in [0.25, 0.3) is 0 Å². The van der Waals surface area contributed by atoms with Crippen LogP contribution in [0.5, 0.6) is 0 Å². The van der Waals surface area contributed by atoms with Gasteiger partial charge in [-0.05, 0) is 20.2 Å². The summed E-state index contributed by atoms with van der Waals surface area (Å²) in [5, 5.41) is 0. The molecule has 0 saturated heterocycles. The Bertz CT molecular complexity index is 352. The van der Waals surface area contributed by atoms with E-state index in [-0.39, 0.29) is 0 Å². The third-order valence-corrected chi connectivity index (χ3v) is 2.14. The molecule has 0 amide bonds. The molecule has 1 atom stereocenters. The van der Waals surface area contributed by atoms with Crippen molar-refractivity contribution in [3.8, 4) is 0 Å². The zero-order valence-corrected chi connectivity index (χ0v) is 9.03. The van der Waals surface area contributed by atoms with E-state index >= 15 is 0 Å². The number of halogens is 1. The molecular formula is C11H14FNO2. The van der Waals surface area contributed by atoms with Gasteiger partial charge in [0.25, 0.3) is 0 Å². The van der Waals surface area contributed by atoms with Crippen molar-refractivity contribution in [1.82, 2.24) is 4.90 Å². The Labute approximate surface area is 88.5 Å². The molecule has 0 aliphatic rings. The second-order valence-electron chi connectivity index (χ2n) is 3.41. The summed E-state index contributed by atoms with van der Waals surface area (Å²) in [6.07, 6.45) is 0. The van der Waals surface area contributed by atoms with E-state index in [1.807, 2.05) is 0 Å². The molecule has 3 nitrogen and oxygen atoms in total. The summed E-state index contributed by atoms with van der Waals surface area (Å²) in [6, 6.07) is 5.49. The van der Waals surface area contributed by atoms with Crippen LogP contribution in [0.1, 0.15) is 11.6 Å². The summed E-state index contributed by atoms with van der Waals surface area (Å²) in [6.45, 7) is 0. The van der Waals surface area contributed by atoms with E-state index in [0.717, 1.165) is 0 Å². The van der Waals surface area contributed by atoms with Crippen molar-refractivity contribution in [2.45, 2.75) is 6.04 Å². The summed E-state index contributed by atoms with van der Waals surface area (Å²) in [7, 11) is 4.70.